The fraction of sp³-hybridized carbons (Fsp3) is 0.350. The highest BCUT2D eigenvalue weighted by Crippen LogP contribution is 2.24. The number of halogens is 1. The number of benzene rings is 2. The SMILES string of the molecule is CS(=O)(=O)c1cc(C(=O)N2CCCCC2Cc2ccccc2)ccc1F. The molecule has 1 aliphatic heterocycles. The van der Waals surface area contributed by atoms with Gasteiger partial charge in [0, 0.05) is 24.4 Å². The summed E-state index contributed by atoms with van der Waals surface area (Å²) in [6.45, 7) is 0.627. The molecule has 1 unspecified atom stereocenters. The van der Waals surface area contributed by atoms with E-state index < -0.39 is 20.5 Å². The van der Waals surface area contributed by atoms with Crippen LogP contribution in [0.15, 0.2) is 53.4 Å². The second-order valence-electron chi connectivity index (χ2n) is 6.76. The number of carbonyl (C=O) groups is 1. The zero-order valence-corrected chi connectivity index (χ0v) is 15.5. The van der Waals surface area contributed by atoms with E-state index in [1.54, 1.807) is 4.90 Å². The Balaban J connectivity index is 1.87. The minimum absolute atomic E-state index is 0.0605. The second-order valence-corrected chi connectivity index (χ2v) is 8.74. The average Bonchev–Trinajstić information content (AvgIpc) is 2.62. The van der Waals surface area contributed by atoms with Gasteiger partial charge in [0.1, 0.15) is 10.7 Å². The Kier molecular flexibility index (Phi) is 5.41. The maximum absolute atomic E-state index is 13.8. The van der Waals surface area contributed by atoms with Crippen molar-refractivity contribution in [1.29, 1.82) is 0 Å². The molecule has 0 saturated carbocycles. The lowest BCUT2D eigenvalue weighted by molar-refractivity contribution is 0.0613. The zero-order valence-electron chi connectivity index (χ0n) is 14.7. The van der Waals surface area contributed by atoms with Crippen LogP contribution in [0.5, 0.6) is 0 Å². The van der Waals surface area contributed by atoms with E-state index in [1.165, 1.54) is 6.07 Å². The Morgan fingerprint density at radius 2 is 1.88 bits per heavy atom. The summed E-state index contributed by atoms with van der Waals surface area (Å²) in [5, 5.41) is 0. The van der Waals surface area contributed by atoms with Crippen molar-refractivity contribution >= 4 is 15.7 Å². The summed E-state index contributed by atoms with van der Waals surface area (Å²) in [6, 6.07) is 13.6. The molecule has 1 fully saturated rings. The van der Waals surface area contributed by atoms with E-state index in [0.717, 1.165) is 49.6 Å². The van der Waals surface area contributed by atoms with E-state index in [9.17, 15) is 17.6 Å². The van der Waals surface area contributed by atoms with Gasteiger partial charge in [-0.2, -0.15) is 0 Å². The van der Waals surface area contributed by atoms with Gasteiger partial charge in [0.2, 0.25) is 0 Å². The molecule has 6 heteroatoms. The zero-order chi connectivity index (χ0) is 18.7. The molecule has 0 aliphatic carbocycles. The standard InChI is InChI=1S/C20H22FNO3S/c1-26(24,25)19-14-16(10-11-18(19)21)20(23)22-12-6-5-9-17(22)13-15-7-3-2-4-8-15/h2-4,7-8,10-11,14,17H,5-6,9,12-13H2,1H3. The molecule has 4 nitrogen and oxygen atoms in total. The summed E-state index contributed by atoms with van der Waals surface area (Å²) in [7, 11) is -3.73. The van der Waals surface area contributed by atoms with Crippen LogP contribution < -0.4 is 0 Å². The lowest BCUT2D eigenvalue weighted by Crippen LogP contribution is -2.44. The van der Waals surface area contributed by atoms with Gasteiger partial charge in [-0.05, 0) is 49.4 Å². The van der Waals surface area contributed by atoms with Crippen LogP contribution in [-0.4, -0.2) is 38.1 Å². The quantitative estimate of drug-likeness (QED) is 0.822. The molecule has 0 N–H and O–H groups in total. The van der Waals surface area contributed by atoms with Gasteiger partial charge in [-0.15, -0.1) is 0 Å². The molecular weight excluding hydrogens is 353 g/mol. The van der Waals surface area contributed by atoms with Crippen LogP contribution in [0.2, 0.25) is 0 Å². The number of rotatable bonds is 4. The largest absolute Gasteiger partial charge is 0.335 e. The van der Waals surface area contributed by atoms with Crippen LogP contribution in [0.25, 0.3) is 0 Å². The molecule has 3 rings (SSSR count). The number of nitrogens with zero attached hydrogens (tertiary/aromatic N) is 1. The van der Waals surface area contributed by atoms with Gasteiger partial charge in [0.05, 0.1) is 0 Å². The Morgan fingerprint density at radius 1 is 1.15 bits per heavy atom. The van der Waals surface area contributed by atoms with Crippen LogP contribution in [-0.2, 0) is 16.3 Å². The lowest BCUT2D eigenvalue weighted by atomic mass is 9.95. The molecule has 0 bridgehead atoms. The molecule has 0 spiro atoms. The first-order valence-electron chi connectivity index (χ1n) is 8.71. The lowest BCUT2D eigenvalue weighted by Gasteiger charge is -2.36. The highest BCUT2D eigenvalue weighted by atomic mass is 32.2. The molecule has 1 saturated heterocycles. The maximum atomic E-state index is 13.8. The summed E-state index contributed by atoms with van der Waals surface area (Å²) in [4.78, 5) is 14.4. The Labute approximate surface area is 153 Å². The van der Waals surface area contributed by atoms with Crippen molar-refractivity contribution in [2.75, 3.05) is 12.8 Å². The van der Waals surface area contributed by atoms with E-state index in [4.69, 9.17) is 0 Å². The van der Waals surface area contributed by atoms with Crippen molar-refractivity contribution < 1.29 is 17.6 Å². The summed E-state index contributed by atoms with van der Waals surface area (Å²) in [5.74, 6) is -1.07. The smallest absolute Gasteiger partial charge is 0.254 e. The molecule has 1 aliphatic rings. The van der Waals surface area contributed by atoms with Crippen molar-refractivity contribution in [3.63, 3.8) is 0 Å². The van der Waals surface area contributed by atoms with Gasteiger partial charge < -0.3 is 4.90 Å². The summed E-state index contributed by atoms with van der Waals surface area (Å²) in [5.41, 5.74) is 1.37. The van der Waals surface area contributed by atoms with Crippen LogP contribution in [0.4, 0.5) is 4.39 Å². The third kappa shape index (κ3) is 4.12. The first-order valence-corrected chi connectivity index (χ1v) is 10.6. The Morgan fingerprint density at radius 3 is 2.58 bits per heavy atom. The van der Waals surface area contributed by atoms with Gasteiger partial charge >= 0.3 is 0 Å². The van der Waals surface area contributed by atoms with Crippen molar-refractivity contribution in [2.24, 2.45) is 0 Å². The number of likely N-dealkylation sites (tertiary alicyclic amines) is 1. The summed E-state index contributed by atoms with van der Waals surface area (Å²) >= 11 is 0. The third-order valence-electron chi connectivity index (χ3n) is 4.78. The summed E-state index contributed by atoms with van der Waals surface area (Å²) < 4.78 is 37.3. The molecule has 2 aromatic carbocycles. The van der Waals surface area contributed by atoms with E-state index in [0.29, 0.717) is 6.54 Å². The highest BCUT2D eigenvalue weighted by molar-refractivity contribution is 7.90. The van der Waals surface area contributed by atoms with Crippen molar-refractivity contribution in [3.8, 4) is 0 Å². The molecule has 1 amide bonds. The minimum Gasteiger partial charge on any atom is -0.335 e. The van der Waals surface area contributed by atoms with Crippen molar-refractivity contribution in [3.05, 3.63) is 65.5 Å². The van der Waals surface area contributed by atoms with Gasteiger partial charge in [-0.1, -0.05) is 30.3 Å². The topological polar surface area (TPSA) is 54.5 Å². The van der Waals surface area contributed by atoms with Crippen molar-refractivity contribution in [1.82, 2.24) is 4.90 Å². The number of sulfone groups is 1. The molecule has 26 heavy (non-hydrogen) atoms. The molecule has 2 aromatic rings. The van der Waals surface area contributed by atoms with E-state index in [1.807, 2.05) is 30.3 Å². The molecule has 0 aromatic heterocycles. The Hall–Kier alpha value is -2.21. The second kappa shape index (κ2) is 7.58. The average molecular weight is 375 g/mol. The predicted octanol–water partition coefficient (Wildman–Crippen LogP) is 3.47. The molecule has 1 heterocycles. The first kappa shape index (κ1) is 18.6. The van der Waals surface area contributed by atoms with Crippen LogP contribution in [0.1, 0.15) is 35.2 Å². The molecule has 138 valence electrons. The van der Waals surface area contributed by atoms with Gasteiger partial charge in [-0.3, -0.25) is 4.79 Å². The first-order chi connectivity index (χ1) is 12.4. The van der Waals surface area contributed by atoms with Crippen molar-refractivity contribution in [2.45, 2.75) is 36.6 Å². The normalized spacial score (nSPS) is 17.9. The number of hydrogen-bond donors (Lipinski definition) is 0. The number of piperidine rings is 1. The van der Waals surface area contributed by atoms with Gasteiger partial charge in [-0.25, -0.2) is 12.8 Å². The highest BCUT2D eigenvalue weighted by Gasteiger charge is 2.28. The minimum atomic E-state index is -3.73. The fourth-order valence-electron chi connectivity index (χ4n) is 3.45. The molecule has 1 atom stereocenters. The molecule has 0 radical (unpaired) electrons. The summed E-state index contributed by atoms with van der Waals surface area (Å²) in [6.07, 6.45) is 4.57. The fourth-order valence-corrected chi connectivity index (χ4v) is 4.22. The molecular formula is C20H22FNO3S. The van der Waals surface area contributed by atoms with E-state index >= 15 is 0 Å². The predicted molar refractivity (Wildman–Crippen MR) is 98.3 cm³/mol. The number of carbonyl (C=O) groups excluding carboxylic acids is 1. The van der Waals surface area contributed by atoms with Crippen LogP contribution in [0.3, 0.4) is 0 Å². The maximum Gasteiger partial charge on any atom is 0.254 e. The van der Waals surface area contributed by atoms with E-state index in [-0.39, 0.29) is 17.5 Å². The number of amides is 1. The Bertz CT molecular complexity index is 897. The third-order valence-corrected chi connectivity index (χ3v) is 5.89. The van der Waals surface area contributed by atoms with Gasteiger partial charge in [0.25, 0.3) is 5.91 Å². The van der Waals surface area contributed by atoms with Gasteiger partial charge in [0.15, 0.2) is 9.84 Å². The van der Waals surface area contributed by atoms with Crippen LogP contribution in [0, 0.1) is 5.82 Å². The van der Waals surface area contributed by atoms with Crippen LogP contribution >= 0.6 is 0 Å². The van der Waals surface area contributed by atoms with E-state index in [2.05, 4.69) is 0 Å². The monoisotopic (exact) mass is 375 g/mol. The number of hydrogen-bond acceptors (Lipinski definition) is 3.